The molecule has 1 heterocycles. The number of aromatic nitrogens is 1. The summed E-state index contributed by atoms with van der Waals surface area (Å²) in [5, 5.41) is 1.19. The molecule has 0 radical (unpaired) electrons. The molecule has 94 valence electrons. The molecule has 2 aromatic rings. The van der Waals surface area contributed by atoms with E-state index in [4.69, 9.17) is 21.1 Å². The molecule has 2 rings (SSSR count). The SMILES string of the molecule is CCOC(=O)c1cc(Cl)c2cccc(OC)c2n1. The highest BCUT2D eigenvalue weighted by Crippen LogP contribution is 2.29. The predicted octanol–water partition coefficient (Wildman–Crippen LogP) is 3.07. The third kappa shape index (κ3) is 2.24. The average Bonchev–Trinajstić information content (AvgIpc) is 2.38. The van der Waals surface area contributed by atoms with E-state index in [1.807, 2.05) is 12.1 Å². The van der Waals surface area contributed by atoms with Crippen LogP contribution in [0.15, 0.2) is 24.3 Å². The van der Waals surface area contributed by atoms with Crippen molar-refractivity contribution in [2.75, 3.05) is 13.7 Å². The summed E-state index contributed by atoms with van der Waals surface area (Å²) in [6.07, 6.45) is 0. The number of benzene rings is 1. The fourth-order valence-electron chi connectivity index (χ4n) is 1.66. The number of carbonyl (C=O) groups excluding carboxylic acids is 1. The Balaban J connectivity index is 2.63. The van der Waals surface area contributed by atoms with Gasteiger partial charge in [0, 0.05) is 5.39 Å². The number of para-hydroxylation sites is 1. The van der Waals surface area contributed by atoms with Gasteiger partial charge in [0.15, 0.2) is 5.69 Å². The highest BCUT2D eigenvalue weighted by molar-refractivity contribution is 6.35. The van der Waals surface area contributed by atoms with Crippen LogP contribution in [0.4, 0.5) is 0 Å². The normalized spacial score (nSPS) is 10.4. The van der Waals surface area contributed by atoms with Crippen molar-refractivity contribution in [1.29, 1.82) is 0 Å². The Morgan fingerprint density at radius 1 is 1.44 bits per heavy atom. The average molecular weight is 266 g/mol. The molecule has 0 aliphatic carbocycles. The number of rotatable bonds is 3. The van der Waals surface area contributed by atoms with E-state index >= 15 is 0 Å². The standard InChI is InChI=1S/C13H12ClNO3/c1-3-18-13(16)10-7-9(14)8-5-4-6-11(17-2)12(8)15-10/h4-7H,3H2,1-2H3. The zero-order valence-electron chi connectivity index (χ0n) is 10.1. The minimum absolute atomic E-state index is 0.179. The summed E-state index contributed by atoms with van der Waals surface area (Å²) in [7, 11) is 1.54. The maximum atomic E-state index is 11.7. The van der Waals surface area contributed by atoms with Gasteiger partial charge in [-0.15, -0.1) is 0 Å². The Morgan fingerprint density at radius 2 is 2.22 bits per heavy atom. The molecule has 1 aromatic carbocycles. The summed E-state index contributed by atoms with van der Waals surface area (Å²) in [6, 6.07) is 6.91. The van der Waals surface area contributed by atoms with Gasteiger partial charge in [-0.2, -0.15) is 0 Å². The van der Waals surface area contributed by atoms with Gasteiger partial charge in [0.05, 0.1) is 18.7 Å². The molecule has 0 atom stereocenters. The highest BCUT2D eigenvalue weighted by Gasteiger charge is 2.14. The van der Waals surface area contributed by atoms with Gasteiger partial charge in [0.2, 0.25) is 0 Å². The van der Waals surface area contributed by atoms with Crippen LogP contribution in [0.1, 0.15) is 17.4 Å². The van der Waals surface area contributed by atoms with E-state index in [9.17, 15) is 4.79 Å². The number of fused-ring (bicyclic) bond motifs is 1. The van der Waals surface area contributed by atoms with Crippen LogP contribution < -0.4 is 4.74 Å². The number of methoxy groups -OCH3 is 1. The second-order valence-electron chi connectivity index (χ2n) is 3.57. The summed E-state index contributed by atoms with van der Waals surface area (Å²) < 4.78 is 10.1. The van der Waals surface area contributed by atoms with Gasteiger partial charge in [-0.3, -0.25) is 0 Å². The first-order valence-electron chi connectivity index (χ1n) is 5.47. The molecule has 0 aliphatic rings. The first kappa shape index (κ1) is 12.6. The second kappa shape index (κ2) is 5.23. The number of hydrogen-bond acceptors (Lipinski definition) is 4. The third-order valence-corrected chi connectivity index (χ3v) is 2.77. The molecule has 0 fully saturated rings. The number of pyridine rings is 1. The zero-order chi connectivity index (χ0) is 13.1. The van der Waals surface area contributed by atoms with Gasteiger partial charge >= 0.3 is 5.97 Å². The molecule has 0 amide bonds. The molecule has 4 nitrogen and oxygen atoms in total. The van der Waals surface area contributed by atoms with Crippen molar-refractivity contribution in [3.05, 3.63) is 35.0 Å². The number of carbonyl (C=O) groups is 1. The van der Waals surface area contributed by atoms with Crippen molar-refractivity contribution < 1.29 is 14.3 Å². The van der Waals surface area contributed by atoms with Gasteiger partial charge in [-0.1, -0.05) is 23.7 Å². The van der Waals surface area contributed by atoms with Crippen molar-refractivity contribution in [2.45, 2.75) is 6.92 Å². The van der Waals surface area contributed by atoms with Gasteiger partial charge in [0.25, 0.3) is 0 Å². The van der Waals surface area contributed by atoms with Crippen LogP contribution in [0, 0.1) is 0 Å². The van der Waals surface area contributed by atoms with E-state index in [0.717, 1.165) is 5.39 Å². The molecule has 5 heteroatoms. The summed E-state index contributed by atoms with van der Waals surface area (Å²) >= 11 is 6.13. The molecule has 0 saturated carbocycles. The van der Waals surface area contributed by atoms with Crippen LogP contribution in [0.3, 0.4) is 0 Å². The molecule has 0 aliphatic heterocycles. The number of nitrogens with zero attached hydrogens (tertiary/aromatic N) is 1. The quantitative estimate of drug-likeness (QED) is 0.800. The maximum Gasteiger partial charge on any atom is 0.356 e. The van der Waals surface area contributed by atoms with Gasteiger partial charge in [-0.25, -0.2) is 9.78 Å². The topological polar surface area (TPSA) is 48.4 Å². The van der Waals surface area contributed by atoms with Crippen LogP contribution in [-0.2, 0) is 4.74 Å². The number of ether oxygens (including phenoxy) is 2. The fourth-order valence-corrected chi connectivity index (χ4v) is 1.91. The Labute approximate surface area is 109 Å². The monoisotopic (exact) mass is 265 g/mol. The minimum Gasteiger partial charge on any atom is -0.494 e. The Kier molecular flexibility index (Phi) is 3.67. The first-order chi connectivity index (χ1) is 8.67. The molecule has 0 N–H and O–H groups in total. The van der Waals surface area contributed by atoms with E-state index < -0.39 is 5.97 Å². The molecular weight excluding hydrogens is 254 g/mol. The van der Waals surface area contributed by atoms with Crippen molar-refractivity contribution in [1.82, 2.24) is 4.98 Å². The van der Waals surface area contributed by atoms with Gasteiger partial charge < -0.3 is 9.47 Å². The van der Waals surface area contributed by atoms with Gasteiger partial charge in [0.1, 0.15) is 11.3 Å². The maximum absolute atomic E-state index is 11.7. The lowest BCUT2D eigenvalue weighted by molar-refractivity contribution is 0.0520. The van der Waals surface area contributed by atoms with Crippen molar-refractivity contribution in [3.8, 4) is 5.75 Å². The van der Waals surface area contributed by atoms with Crippen LogP contribution in [0.25, 0.3) is 10.9 Å². The second-order valence-corrected chi connectivity index (χ2v) is 3.97. The minimum atomic E-state index is -0.493. The Hall–Kier alpha value is -1.81. The largest absolute Gasteiger partial charge is 0.494 e. The van der Waals surface area contributed by atoms with Crippen LogP contribution in [0.2, 0.25) is 5.02 Å². The summed E-state index contributed by atoms with van der Waals surface area (Å²) in [5.41, 5.74) is 0.731. The van der Waals surface area contributed by atoms with E-state index in [1.54, 1.807) is 20.1 Å². The molecule has 1 aromatic heterocycles. The lowest BCUT2D eigenvalue weighted by Crippen LogP contribution is -2.07. The van der Waals surface area contributed by atoms with Crippen molar-refractivity contribution in [3.63, 3.8) is 0 Å². The lowest BCUT2D eigenvalue weighted by Gasteiger charge is -2.08. The van der Waals surface area contributed by atoms with E-state index in [2.05, 4.69) is 4.98 Å². The number of hydrogen-bond donors (Lipinski definition) is 0. The summed E-state index contributed by atoms with van der Waals surface area (Å²) in [4.78, 5) is 15.9. The summed E-state index contributed by atoms with van der Waals surface area (Å²) in [5.74, 6) is 0.0766. The first-order valence-corrected chi connectivity index (χ1v) is 5.85. The van der Waals surface area contributed by atoms with Gasteiger partial charge in [-0.05, 0) is 19.1 Å². The third-order valence-electron chi connectivity index (χ3n) is 2.46. The number of esters is 1. The molecule has 0 spiro atoms. The van der Waals surface area contributed by atoms with Crippen LogP contribution in [-0.4, -0.2) is 24.7 Å². The van der Waals surface area contributed by atoms with E-state index in [-0.39, 0.29) is 5.69 Å². The molecule has 0 bridgehead atoms. The summed E-state index contributed by atoms with van der Waals surface area (Å²) in [6.45, 7) is 2.03. The van der Waals surface area contributed by atoms with Crippen molar-refractivity contribution >= 4 is 28.5 Å². The predicted molar refractivity (Wildman–Crippen MR) is 69.3 cm³/mol. The molecular formula is C13H12ClNO3. The van der Waals surface area contributed by atoms with Crippen molar-refractivity contribution in [2.24, 2.45) is 0 Å². The number of halogens is 1. The van der Waals surface area contributed by atoms with Crippen LogP contribution in [0.5, 0.6) is 5.75 Å². The molecule has 0 unspecified atom stereocenters. The van der Waals surface area contributed by atoms with E-state index in [0.29, 0.717) is 22.9 Å². The highest BCUT2D eigenvalue weighted by atomic mass is 35.5. The lowest BCUT2D eigenvalue weighted by atomic mass is 10.2. The fraction of sp³-hybridized carbons (Fsp3) is 0.231. The Morgan fingerprint density at radius 3 is 2.89 bits per heavy atom. The Bertz CT molecular complexity index is 598. The van der Waals surface area contributed by atoms with Crippen LogP contribution >= 0.6 is 11.6 Å². The zero-order valence-corrected chi connectivity index (χ0v) is 10.8. The smallest absolute Gasteiger partial charge is 0.356 e. The van der Waals surface area contributed by atoms with E-state index in [1.165, 1.54) is 6.07 Å². The molecule has 0 saturated heterocycles. The molecule has 18 heavy (non-hydrogen) atoms.